The van der Waals surface area contributed by atoms with Gasteiger partial charge in [-0.15, -0.1) is 0 Å². The molecule has 174 valence electrons. The largest absolute Gasteiger partial charge is 0.497 e. The number of rotatable bonds is 14. The van der Waals surface area contributed by atoms with Gasteiger partial charge in [-0.1, -0.05) is 50.6 Å². The average Bonchev–Trinajstić information content (AvgIpc) is 2.82. The van der Waals surface area contributed by atoms with Crippen LogP contribution in [0.4, 0.5) is 0 Å². The predicted molar refractivity (Wildman–Crippen MR) is 127 cm³/mol. The van der Waals surface area contributed by atoms with Gasteiger partial charge < -0.3 is 19.7 Å². The fourth-order valence-electron chi connectivity index (χ4n) is 3.43. The van der Waals surface area contributed by atoms with Crippen LogP contribution in [-0.4, -0.2) is 43.0 Å². The molecular formula is C26H36N2O4. The second-order valence-corrected chi connectivity index (χ2v) is 7.70. The Morgan fingerprint density at radius 3 is 2.31 bits per heavy atom. The Hall–Kier alpha value is -3.02. The highest BCUT2D eigenvalue weighted by Gasteiger charge is 2.28. The van der Waals surface area contributed by atoms with Gasteiger partial charge in [0.05, 0.1) is 13.7 Å². The average molecular weight is 441 g/mol. The number of hydrogen-bond acceptors (Lipinski definition) is 4. The van der Waals surface area contributed by atoms with Crippen molar-refractivity contribution < 1.29 is 19.1 Å². The molecule has 32 heavy (non-hydrogen) atoms. The summed E-state index contributed by atoms with van der Waals surface area (Å²) in [6, 6.07) is 16.7. The number of carbonyl (C=O) groups is 2. The van der Waals surface area contributed by atoms with Crippen molar-refractivity contribution in [2.45, 2.75) is 58.5 Å². The van der Waals surface area contributed by atoms with Crippen molar-refractivity contribution in [1.29, 1.82) is 0 Å². The summed E-state index contributed by atoms with van der Waals surface area (Å²) in [6.45, 7) is 5.48. The first-order valence-electron chi connectivity index (χ1n) is 11.5. The molecule has 0 bridgehead atoms. The monoisotopic (exact) mass is 440 g/mol. The summed E-state index contributed by atoms with van der Waals surface area (Å²) in [6.07, 6.45) is 3.39. The maximum atomic E-state index is 13.2. The fraction of sp³-hybridized carbons (Fsp3) is 0.462. The third-order valence-corrected chi connectivity index (χ3v) is 5.27. The van der Waals surface area contributed by atoms with Crippen molar-refractivity contribution in [2.24, 2.45) is 0 Å². The molecule has 0 aliphatic carbocycles. The molecule has 1 atom stereocenters. The van der Waals surface area contributed by atoms with E-state index in [1.807, 2.05) is 61.5 Å². The van der Waals surface area contributed by atoms with E-state index in [1.165, 1.54) is 0 Å². The van der Waals surface area contributed by atoms with Gasteiger partial charge in [0, 0.05) is 19.5 Å². The van der Waals surface area contributed by atoms with E-state index >= 15 is 0 Å². The molecule has 6 heteroatoms. The van der Waals surface area contributed by atoms with Crippen LogP contribution in [0.15, 0.2) is 54.6 Å². The van der Waals surface area contributed by atoms with E-state index < -0.39 is 6.04 Å². The van der Waals surface area contributed by atoms with Crippen LogP contribution in [0.25, 0.3) is 0 Å². The second kappa shape index (κ2) is 14.1. The van der Waals surface area contributed by atoms with Gasteiger partial charge in [0.1, 0.15) is 17.5 Å². The molecule has 2 rings (SSSR count). The van der Waals surface area contributed by atoms with E-state index in [1.54, 1.807) is 12.0 Å². The Kier molecular flexibility index (Phi) is 11.1. The number of amides is 2. The Labute approximate surface area is 191 Å². The van der Waals surface area contributed by atoms with Gasteiger partial charge >= 0.3 is 0 Å². The van der Waals surface area contributed by atoms with Crippen LogP contribution in [-0.2, 0) is 16.1 Å². The number of benzene rings is 2. The van der Waals surface area contributed by atoms with Gasteiger partial charge in [0.2, 0.25) is 11.8 Å². The number of carbonyl (C=O) groups excluding carboxylic acids is 2. The van der Waals surface area contributed by atoms with Crippen LogP contribution in [0.3, 0.4) is 0 Å². The minimum absolute atomic E-state index is 0.0463. The molecule has 0 fully saturated rings. The Balaban J connectivity index is 2.04. The highest BCUT2D eigenvalue weighted by molar-refractivity contribution is 5.87. The Morgan fingerprint density at radius 2 is 1.69 bits per heavy atom. The molecule has 0 aromatic heterocycles. The molecule has 0 unspecified atom stereocenters. The fourth-order valence-corrected chi connectivity index (χ4v) is 3.43. The van der Waals surface area contributed by atoms with Crippen LogP contribution < -0.4 is 14.8 Å². The summed E-state index contributed by atoms with van der Waals surface area (Å²) in [5.74, 6) is 1.41. The van der Waals surface area contributed by atoms with E-state index in [9.17, 15) is 9.59 Å². The van der Waals surface area contributed by atoms with Gasteiger partial charge in [-0.05, 0) is 49.1 Å². The van der Waals surface area contributed by atoms with Crippen LogP contribution in [0.1, 0.15) is 51.5 Å². The third kappa shape index (κ3) is 8.25. The quantitative estimate of drug-likeness (QED) is 0.437. The molecule has 2 aromatic rings. The molecule has 6 nitrogen and oxygen atoms in total. The van der Waals surface area contributed by atoms with Gasteiger partial charge in [-0.3, -0.25) is 9.59 Å². The maximum Gasteiger partial charge on any atom is 0.242 e. The highest BCUT2D eigenvalue weighted by Crippen LogP contribution is 2.18. The maximum absolute atomic E-state index is 13.2. The number of hydrogen-bond donors (Lipinski definition) is 1. The van der Waals surface area contributed by atoms with Crippen LogP contribution in [0.5, 0.6) is 11.5 Å². The van der Waals surface area contributed by atoms with Gasteiger partial charge in [0.15, 0.2) is 0 Å². The zero-order valence-electron chi connectivity index (χ0n) is 19.5. The third-order valence-electron chi connectivity index (χ3n) is 5.27. The van der Waals surface area contributed by atoms with Gasteiger partial charge in [-0.25, -0.2) is 0 Å². The summed E-state index contributed by atoms with van der Waals surface area (Å²) in [5, 5.41) is 2.99. The predicted octanol–water partition coefficient (Wildman–Crippen LogP) is 4.58. The van der Waals surface area contributed by atoms with E-state index in [-0.39, 0.29) is 11.8 Å². The van der Waals surface area contributed by atoms with Crippen molar-refractivity contribution in [3.63, 3.8) is 0 Å². The molecular weight excluding hydrogens is 404 g/mol. The summed E-state index contributed by atoms with van der Waals surface area (Å²) in [7, 11) is 1.62. The van der Waals surface area contributed by atoms with E-state index in [4.69, 9.17) is 9.47 Å². The van der Waals surface area contributed by atoms with Crippen LogP contribution >= 0.6 is 0 Å². The zero-order chi connectivity index (χ0) is 23.2. The second-order valence-electron chi connectivity index (χ2n) is 7.70. The molecule has 2 aromatic carbocycles. The van der Waals surface area contributed by atoms with E-state index in [0.29, 0.717) is 39.0 Å². The van der Waals surface area contributed by atoms with Crippen molar-refractivity contribution in [1.82, 2.24) is 10.2 Å². The molecule has 0 aliphatic rings. The highest BCUT2D eigenvalue weighted by atomic mass is 16.5. The summed E-state index contributed by atoms with van der Waals surface area (Å²) in [5.41, 5.74) is 0.958. The smallest absolute Gasteiger partial charge is 0.242 e. The molecule has 0 spiro atoms. The van der Waals surface area contributed by atoms with Gasteiger partial charge in [-0.2, -0.15) is 0 Å². The van der Waals surface area contributed by atoms with E-state index in [2.05, 4.69) is 12.2 Å². The van der Waals surface area contributed by atoms with Crippen LogP contribution in [0, 0.1) is 0 Å². The molecule has 0 saturated carbocycles. The number of para-hydroxylation sites is 1. The number of nitrogens with one attached hydrogen (secondary N) is 1. The standard InChI is InChI=1S/C26H36N2O4/c1-4-6-18-27-26(30)24(5-2)28(20-21-14-16-22(31-3)17-15-21)25(29)13-10-19-32-23-11-8-7-9-12-23/h7-9,11-12,14-17,24H,4-6,10,13,18-20H2,1-3H3,(H,27,30)/t24-/m0/s1. The molecule has 0 saturated heterocycles. The molecule has 0 radical (unpaired) electrons. The Morgan fingerprint density at radius 1 is 0.969 bits per heavy atom. The minimum atomic E-state index is -0.503. The number of ether oxygens (including phenoxy) is 2. The molecule has 0 aliphatic heterocycles. The topological polar surface area (TPSA) is 67.9 Å². The van der Waals surface area contributed by atoms with Crippen molar-refractivity contribution >= 4 is 11.8 Å². The first-order valence-corrected chi connectivity index (χ1v) is 11.5. The lowest BCUT2D eigenvalue weighted by molar-refractivity contribution is -0.141. The lowest BCUT2D eigenvalue weighted by atomic mass is 10.1. The number of unbranched alkanes of at least 4 members (excludes halogenated alkanes) is 1. The summed E-state index contributed by atoms with van der Waals surface area (Å²) < 4.78 is 10.9. The lowest BCUT2D eigenvalue weighted by Crippen LogP contribution is -2.49. The summed E-state index contributed by atoms with van der Waals surface area (Å²) >= 11 is 0. The number of methoxy groups -OCH3 is 1. The molecule has 1 N–H and O–H groups in total. The first-order chi connectivity index (χ1) is 15.6. The molecule has 2 amide bonds. The minimum Gasteiger partial charge on any atom is -0.497 e. The van der Waals surface area contributed by atoms with Crippen molar-refractivity contribution in [3.05, 3.63) is 60.2 Å². The SMILES string of the molecule is CCCCNC(=O)[C@H](CC)N(Cc1ccc(OC)cc1)C(=O)CCCOc1ccccc1. The number of nitrogens with zero attached hydrogens (tertiary/aromatic N) is 1. The molecule has 0 heterocycles. The van der Waals surface area contributed by atoms with Crippen molar-refractivity contribution in [3.8, 4) is 11.5 Å². The van der Waals surface area contributed by atoms with Crippen molar-refractivity contribution in [2.75, 3.05) is 20.3 Å². The zero-order valence-corrected chi connectivity index (χ0v) is 19.5. The lowest BCUT2D eigenvalue weighted by Gasteiger charge is -2.31. The first kappa shape index (κ1) is 25.2. The van der Waals surface area contributed by atoms with Crippen LogP contribution in [0.2, 0.25) is 0 Å². The Bertz CT molecular complexity index is 808. The van der Waals surface area contributed by atoms with Gasteiger partial charge in [0.25, 0.3) is 0 Å². The normalized spacial score (nSPS) is 11.5. The summed E-state index contributed by atoms with van der Waals surface area (Å²) in [4.78, 5) is 27.7. The van der Waals surface area contributed by atoms with E-state index in [0.717, 1.165) is 29.9 Å².